The number of benzene rings is 2. The molecule has 2 aliphatic heterocycles. The summed E-state index contributed by atoms with van der Waals surface area (Å²) in [6.07, 6.45) is 0. The maximum absolute atomic E-state index is 12.9. The number of carboxylic acid groups (broad SMARTS) is 2. The summed E-state index contributed by atoms with van der Waals surface area (Å²) in [5.74, 6) is -5.39. The van der Waals surface area contributed by atoms with Crippen LogP contribution in [0.3, 0.4) is 0 Å². The normalized spacial score (nSPS) is 15.1. The van der Waals surface area contributed by atoms with E-state index in [-0.39, 0.29) is 43.0 Å². The van der Waals surface area contributed by atoms with Crippen LogP contribution in [0, 0.1) is 0 Å². The molecule has 2 unspecified atom stereocenters. The molecular weight excluding hydrogens is 895 g/mol. The highest BCUT2D eigenvalue weighted by Gasteiger charge is 2.41. The first-order valence-corrected chi connectivity index (χ1v) is 20.5. The molecule has 360 valence electrons. The Morgan fingerprint density at radius 2 is 0.908 bits per heavy atom. The number of carboxylic acids is 2. The minimum absolute atomic E-state index is 0. The molecule has 0 saturated heterocycles. The van der Waals surface area contributed by atoms with E-state index < -0.39 is 47.7 Å². The Balaban J connectivity index is 0.00000107. The summed E-state index contributed by atoms with van der Waals surface area (Å²) >= 11 is 12.8. The van der Waals surface area contributed by atoms with Gasteiger partial charge in [0, 0.05) is 48.4 Å². The largest absolute Gasteiger partial charge is 0.481 e. The van der Waals surface area contributed by atoms with Crippen molar-refractivity contribution in [1.29, 1.82) is 0 Å². The van der Waals surface area contributed by atoms with E-state index in [0.29, 0.717) is 81.4 Å². The molecule has 19 nitrogen and oxygen atoms in total. The number of hydrogen-bond donors (Lipinski definition) is 6. The second-order valence-electron chi connectivity index (χ2n) is 13.2. The third-order valence-corrected chi connectivity index (χ3v) is 9.23. The van der Waals surface area contributed by atoms with Crippen molar-refractivity contribution in [3.63, 3.8) is 0 Å². The molecule has 2 heterocycles. The standard InChI is InChI=1S/2C20H25ClN2O5.2C2H4O2.H2O/c2*1-4-28-20(25)18-15(11-27-10-9-22)23-12(2)16(19(24)26-3)17(18)13-7-5-6-8-14(13)21;2*1-2(3)4;/h2*5-8,17,23H,4,9-11,22H2,1-3H3;2*1H3,(H,3,4);1H2. The van der Waals surface area contributed by atoms with E-state index in [2.05, 4.69) is 10.6 Å². The summed E-state index contributed by atoms with van der Waals surface area (Å²) in [5.41, 5.74) is 15.4. The van der Waals surface area contributed by atoms with Crippen LogP contribution in [-0.4, -0.2) is 118 Å². The lowest BCUT2D eigenvalue weighted by Crippen LogP contribution is -2.35. The molecule has 0 radical (unpaired) electrons. The quantitative estimate of drug-likeness (QED) is 0.0790. The van der Waals surface area contributed by atoms with Crippen molar-refractivity contribution in [3.05, 3.63) is 115 Å². The molecule has 0 aliphatic carbocycles. The summed E-state index contributed by atoms with van der Waals surface area (Å²) in [7, 11) is 2.58. The number of aliphatic carboxylic acids is 2. The zero-order chi connectivity index (χ0) is 48.5. The van der Waals surface area contributed by atoms with Crippen LogP contribution in [0.2, 0.25) is 10.0 Å². The Hall–Kier alpha value is -5.80. The van der Waals surface area contributed by atoms with E-state index in [4.69, 9.17) is 82.9 Å². The Kier molecular flexibility index (Phi) is 28.4. The summed E-state index contributed by atoms with van der Waals surface area (Å²) in [6, 6.07) is 14.1. The van der Waals surface area contributed by atoms with Crippen molar-refractivity contribution in [2.45, 2.75) is 53.4 Å². The van der Waals surface area contributed by atoms with Gasteiger partial charge in [0.15, 0.2) is 0 Å². The van der Waals surface area contributed by atoms with Gasteiger partial charge in [-0.3, -0.25) is 9.59 Å². The average Bonchev–Trinajstić information content (AvgIpc) is 3.23. The molecule has 0 aromatic heterocycles. The van der Waals surface area contributed by atoms with Crippen LogP contribution >= 0.6 is 23.2 Å². The number of methoxy groups -OCH3 is 2. The van der Waals surface area contributed by atoms with Crippen molar-refractivity contribution in [2.24, 2.45) is 11.5 Å². The molecule has 2 aromatic rings. The molecule has 2 aliphatic rings. The SMILES string of the molecule is CC(=O)O.CC(=O)O.CCOC(=O)C1=C(COCCN)NC(C)=C(C(=O)OC)C1c1ccccc1Cl.CCOC(=O)C1=C(COCCN)NC(C)=C(C(=O)OC)C1c1ccccc1Cl.O. The Labute approximate surface area is 388 Å². The summed E-state index contributed by atoms with van der Waals surface area (Å²) in [6.45, 7) is 11.0. The molecule has 2 aromatic carbocycles. The fourth-order valence-electron chi connectivity index (χ4n) is 6.24. The molecule has 21 heteroatoms. The lowest BCUT2D eigenvalue weighted by Gasteiger charge is -2.31. The molecule has 0 fully saturated rings. The fourth-order valence-corrected chi connectivity index (χ4v) is 6.73. The summed E-state index contributed by atoms with van der Waals surface area (Å²) in [4.78, 5) is 68.9. The van der Waals surface area contributed by atoms with Gasteiger partial charge in [-0.15, -0.1) is 0 Å². The lowest BCUT2D eigenvalue weighted by molar-refractivity contribution is -0.140. The number of esters is 4. The van der Waals surface area contributed by atoms with Crippen molar-refractivity contribution in [1.82, 2.24) is 10.6 Å². The summed E-state index contributed by atoms with van der Waals surface area (Å²) in [5, 5.41) is 21.9. The van der Waals surface area contributed by atoms with Crippen molar-refractivity contribution < 1.29 is 72.9 Å². The molecule has 65 heavy (non-hydrogen) atoms. The number of allylic oxidation sites excluding steroid dienone is 2. The molecule has 0 saturated carbocycles. The van der Waals surface area contributed by atoms with Crippen LogP contribution in [0.5, 0.6) is 0 Å². The van der Waals surface area contributed by atoms with Crippen molar-refractivity contribution in [3.8, 4) is 0 Å². The monoisotopic (exact) mass is 954 g/mol. The maximum atomic E-state index is 12.9. The van der Waals surface area contributed by atoms with E-state index in [0.717, 1.165) is 13.8 Å². The molecule has 0 bridgehead atoms. The Bertz CT molecular complexity index is 1930. The smallest absolute Gasteiger partial charge is 0.336 e. The number of carbonyl (C=O) groups excluding carboxylic acids is 4. The molecule has 2 atom stereocenters. The molecule has 10 N–H and O–H groups in total. The number of hydrogen-bond acceptors (Lipinski definition) is 16. The number of dihydropyridines is 2. The second kappa shape index (κ2) is 31.1. The highest BCUT2D eigenvalue weighted by Crippen LogP contribution is 2.43. The Morgan fingerprint density at radius 1 is 0.600 bits per heavy atom. The molecule has 0 spiro atoms. The van der Waals surface area contributed by atoms with E-state index >= 15 is 0 Å². The zero-order valence-electron chi connectivity index (χ0n) is 37.6. The van der Waals surface area contributed by atoms with Gasteiger partial charge in [0.05, 0.1) is 99.4 Å². The van der Waals surface area contributed by atoms with Gasteiger partial charge in [-0.2, -0.15) is 0 Å². The van der Waals surface area contributed by atoms with Gasteiger partial charge < -0.3 is 66.2 Å². The number of nitrogens with two attached hydrogens (primary N) is 2. The molecule has 0 amide bonds. The third-order valence-electron chi connectivity index (χ3n) is 8.54. The van der Waals surface area contributed by atoms with E-state index in [1.54, 1.807) is 76.2 Å². The van der Waals surface area contributed by atoms with Crippen LogP contribution in [0.15, 0.2) is 93.6 Å². The van der Waals surface area contributed by atoms with E-state index in [1.165, 1.54) is 14.2 Å². The zero-order valence-corrected chi connectivity index (χ0v) is 39.1. The average molecular weight is 956 g/mol. The number of ether oxygens (including phenoxy) is 6. The van der Waals surface area contributed by atoms with E-state index in [1.807, 2.05) is 0 Å². The van der Waals surface area contributed by atoms with Crippen molar-refractivity contribution >= 4 is 59.0 Å². The first-order valence-electron chi connectivity index (χ1n) is 19.7. The minimum atomic E-state index is -0.833. The predicted molar refractivity (Wildman–Crippen MR) is 241 cm³/mol. The van der Waals surface area contributed by atoms with Crippen LogP contribution < -0.4 is 22.1 Å². The maximum Gasteiger partial charge on any atom is 0.336 e. The van der Waals surface area contributed by atoms with Gasteiger partial charge in [0.2, 0.25) is 0 Å². The van der Waals surface area contributed by atoms with Gasteiger partial charge in [0.25, 0.3) is 11.9 Å². The fraction of sp³-hybridized carbons (Fsp3) is 0.409. The first kappa shape index (κ1) is 59.2. The Morgan fingerprint density at radius 3 is 1.17 bits per heavy atom. The second-order valence-corrected chi connectivity index (χ2v) is 14.0. The number of rotatable bonds is 16. The number of nitrogens with one attached hydrogen (secondary N) is 2. The van der Waals surface area contributed by atoms with Crippen LogP contribution in [-0.2, 0) is 57.2 Å². The summed E-state index contributed by atoms with van der Waals surface area (Å²) < 4.78 is 31.6. The molecule has 4 rings (SSSR count). The van der Waals surface area contributed by atoms with Gasteiger partial charge >= 0.3 is 23.9 Å². The minimum Gasteiger partial charge on any atom is -0.481 e. The van der Waals surface area contributed by atoms with E-state index in [9.17, 15) is 19.2 Å². The van der Waals surface area contributed by atoms with Crippen LogP contribution in [0.4, 0.5) is 0 Å². The van der Waals surface area contributed by atoms with Gasteiger partial charge in [-0.05, 0) is 51.0 Å². The topological polar surface area (TPSA) is 306 Å². The van der Waals surface area contributed by atoms with Crippen LogP contribution in [0.25, 0.3) is 0 Å². The van der Waals surface area contributed by atoms with Gasteiger partial charge in [-0.1, -0.05) is 59.6 Å². The highest BCUT2D eigenvalue weighted by atomic mass is 35.5. The first-order chi connectivity index (χ1) is 30.4. The highest BCUT2D eigenvalue weighted by molar-refractivity contribution is 6.32. The van der Waals surface area contributed by atoms with Gasteiger partial charge in [-0.25, -0.2) is 19.2 Å². The van der Waals surface area contributed by atoms with Gasteiger partial charge in [0.1, 0.15) is 0 Å². The predicted octanol–water partition coefficient (Wildman–Crippen LogP) is 3.89. The molecular formula is C44H60Cl2N4O15. The lowest BCUT2D eigenvalue weighted by atomic mass is 9.80. The van der Waals surface area contributed by atoms with Crippen LogP contribution in [0.1, 0.15) is 64.5 Å². The number of carbonyl (C=O) groups is 6. The third kappa shape index (κ3) is 18.3. The van der Waals surface area contributed by atoms with Crippen molar-refractivity contribution in [2.75, 3.05) is 67.0 Å². The number of halogens is 2.